The van der Waals surface area contributed by atoms with Gasteiger partial charge in [0.1, 0.15) is 19.0 Å². The van der Waals surface area contributed by atoms with Crippen LogP contribution in [-0.4, -0.2) is 36.8 Å². The van der Waals surface area contributed by atoms with Gasteiger partial charge in [0.2, 0.25) is 5.91 Å². The molecule has 1 aromatic carbocycles. The van der Waals surface area contributed by atoms with E-state index < -0.39 is 5.97 Å². The quantitative estimate of drug-likeness (QED) is 0.358. The number of carboxylic acids is 1. The van der Waals surface area contributed by atoms with Crippen LogP contribution in [0.15, 0.2) is 6.07 Å². The van der Waals surface area contributed by atoms with Crippen molar-refractivity contribution in [1.82, 2.24) is 0 Å². The third kappa shape index (κ3) is 6.40. The summed E-state index contributed by atoms with van der Waals surface area (Å²) in [5, 5.41) is 11.2. The Morgan fingerprint density at radius 1 is 1.24 bits per heavy atom. The molecule has 9 heteroatoms. The van der Waals surface area contributed by atoms with Gasteiger partial charge in [-0.05, 0) is 73.8 Å². The van der Waals surface area contributed by atoms with Crippen LogP contribution in [0, 0.1) is 10.7 Å². The standard InChI is InChI=1S/C12H12I3NO5/c1-6(17)16-11-7(13)4-8(14)12(10(11)15)21-3-2-20-5-9(18)19/h4H,2-3,5H2,1H3,(H,16,17)(H,18,19). The monoisotopic (exact) mass is 631 g/mol. The molecule has 116 valence electrons. The van der Waals surface area contributed by atoms with Gasteiger partial charge in [-0.3, -0.25) is 4.79 Å². The van der Waals surface area contributed by atoms with E-state index in [2.05, 4.69) is 73.1 Å². The van der Waals surface area contributed by atoms with E-state index in [1.807, 2.05) is 6.07 Å². The fourth-order valence-corrected chi connectivity index (χ4v) is 5.31. The summed E-state index contributed by atoms with van der Waals surface area (Å²) in [6, 6.07) is 1.90. The minimum absolute atomic E-state index is 0.150. The number of aliphatic carboxylic acids is 1. The number of hydrogen-bond donors (Lipinski definition) is 2. The van der Waals surface area contributed by atoms with E-state index in [4.69, 9.17) is 14.6 Å². The molecule has 1 rings (SSSR count). The van der Waals surface area contributed by atoms with E-state index in [-0.39, 0.29) is 25.7 Å². The van der Waals surface area contributed by atoms with Crippen LogP contribution in [0.5, 0.6) is 5.75 Å². The summed E-state index contributed by atoms with van der Waals surface area (Å²) < 4.78 is 13.2. The smallest absolute Gasteiger partial charge is 0.329 e. The van der Waals surface area contributed by atoms with Crippen LogP contribution in [0.25, 0.3) is 0 Å². The Bertz CT molecular complexity index is 550. The van der Waals surface area contributed by atoms with Gasteiger partial charge in [0.25, 0.3) is 0 Å². The molecule has 2 N–H and O–H groups in total. The van der Waals surface area contributed by atoms with E-state index in [1.165, 1.54) is 6.92 Å². The van der Waals surface area contributed by atoms with E-state index in [0.29, 0.717) is 11.4 Å². The second-order valence-corrected chi connectivity index (χ2v) is 7.24. The summed E-state index contributed by atoms with van der Waals surface area (Å²) in [5.41, 5.74) is 0.713. The van der Waals surface area contributed by atoms with Crippen LogP contribution in [0.4, 0.5) is 5.69 Å². The first-order valence-corrected chi connectivity index (χ1v) is 8.94. The normalized spacial score (nSPS) is 10.3. The minimum atomic E-state index is -1.01. The van der Waals surface area contributed by atoms with Gasteiger partial charge in [-0.15, -0.1) is 0 Å². The van der Waals surface area contributed by atoms with Gasteiger partial charge >= 0.3 is 5.97 Å². The van der Waals surface area contributed by atoms with Crippen LogP contribution in [0.3, 0.4) is 0 Å². The molecule has 0 heterocycles. The Labute approximate surface area is 162 Å². The van der Waals surface area contributed by atoms with Gasteiger partial charge in [0, 0.05) is 10.5 Å². The number of halogens is 3. The van der Waals surface area contributed by atoms with Crippen LogP contribution in [-0.2, 0) is 14.3 Å². The molecule has 0 atom stereocenters. The lowest BCUT2D eigenvalue weighted by atomic mass is 10.3. The largest absolute Gasteiger partial charge is 0.489 e. The van der Waals surface area contributed by atoms with Gasteiger partial charge in [0.05, 0.1) is 19.4 Å². The summed E-state index contributed by atoms with van der Waals surface area (Å²) in [7, 11) is 0. The van der Waals surface area contributed by atoms with Gasteiger partial charge in [-0.2, -0.15) is 0 Å². The fourth-order valence-electron chi connectivity index (χ4n) is 1.36. The van der Waals surface area contributed by atoms with Crippen molar-refractivity contribution in [3.63, 3.8) is 0 Å². The van der Waals surface area contributed by atoms with E-state index in [0.717, 1.165) is 10.7 Å². The van der Waals surface area contributed by atoms with Gasteiger partial charge in [-0.1, -0.05) is 0 Å². The molecular formula is C12H12I3NO5. The maximum Gasteiger partial charge on any atom is 0.329 e. The van der Waals surface area contributed by atoms with E-state index in [1.54, 1.807) is 0 Å². The highest BCUT2D eigenvalue weighted by molar-refractivity contribution is 14.1. The first kappa shape index (κ1) is 19.2. The molecule has 0 aliphatic carbocycles. The van der Waals surface area contributed by atoms with Gasteiger partial charge in [0.15, 0.2) is 0 Å². The molecule has 0 fully saturated rings. The number of benzene rings is 1. The fraction of sp³-hybridized carbons (Fsp3) is 0.333. The molecule has 1 amide bonds. The predicted molar refractivity (Wildman–Crippen MR) is 103 cm³/mol. The van der Waals surface area contributed by atoms with E-state index in [9.17, 15) is 9.59 Å². The predicted octanol–water partition coefficient (Wildman–Crippen LogP) is 2.94. The molecule has 0 unspecified atom stereocenters. The minimum Gasteiger partial charge on any atom is -0.489 e. The SMILES string of the molecule is CC(=O)Nc1c(I)cc(I)c(OCCOCC(=O)O)c1I. The first-order valence-electron chi connectivity index (χ1n) is 5.70. The number of hydrogen-bond acceptors (Lipinski definition) is 4. The zero-order valence-electron chi connectivity index (χ0n) is 10.9. The molecule has 21 heavy (non-hydrogen) atoms. The molecule has 0 bridgehead atoms. The summed E-state index contributed by atoms with van der Waals surface area (Å²) in [6.45, 7) is 1.52. The zero-order chi connectivity index (χ0) is 16.0. The van der Waals surface area contributed by atoms with Crippen LogP contribution in [0.2, 0.25) is 0 Å². The van der Waals surface area contributed by atoms with Gasteiger partial charge < -0.3 is 19.9 Å². The summed E-state index contributed by atoms with van der Waals surface area (Å²) in [6.07, 6.45) is 0. The molecule has 0 saturated heterocycles. The maximum atomic E-state index is 11.2. The van der Waals surface area contributed by atoms with Gasteiger partial charge in [-0.25, -0.2) is 4.79 Å². The molecule has 0 spiro atoms. The van der Waals surface area contributed by atoms with Crippen LogP contribution >= 0.6 is 67.8 Å². The number of anilines is 1. The summed E-state index contributed by atoms with van der Waals surface area (Å²) in [4.78, 5) is 21.6. The number of rotatable bonds is 7. The summed E-state index contributed by atoms with van der Waals surface area (Å²) >= 11 is 6.41. The first-order chi connectivity index (χ1) is 9.82. The van der Waals surface area contributed by atoms with Crippen molar-refractivity contribution in [2.24, 2.45) is 0 Å². The number of nitrogens with one attached hydrogen (secondary N) is 1. The maximum absolute atomic E-state index is 11.2. The molecule has 6 nitrogen and oxygen atoms in total. The number of amides is 1. The Hall–Kier alpha value is 0.110. The lowest BCUT2D eigenvalue weighted by molar-refractivity contribution is -0.142. The molecule has 0 saturated carbocycles. The zero-order valence-corrected chi connectivity index (χ0v) is 17.4. The Balaban J connectivity index is 2.77. The van der Waals surface area contributed by atoms with Crippen molar-refractivity contribution in [3.05, 3.63) is 16.8 Å². The van der Waals surface area contributed by atoms with Crippen LogP contribution in [0.1, 0.15) is 6.92 Å². The number of carboxylic acid groups (broad SMARTS) is 1. The lowest BCUT2D eigenvalue weighted by Gasteiger charge is -2.15. The second kappa shape index (κ2) is 9.29. The second-order valence-electron chi connectivity index (χ2n) is 3.83. The molecule has 0 aromatic heterocycles. The average Bonchev–Trinajstić information content (AvgIpc) is 2.37. The average molecular weight is 631 g/mol. The molecule has 0 aliphatic rings. The molecule has 1 aromatic rings. The van der Waals surface area contributed by atoms with Crippen molar-refractivity contribution >= 4 is 85.3 Å². The summed E-state index contributed by atoms with van der Waals surface area (Å²) in [5.74, 6) is -0.511. The van der Waals surface area contributed by atoms with Crippen molar-refractivity contribution < 1.29 is 24.2 Å². The third-order valence-corrected chi connectivity index (χ3v) is 4.81. The Morgan fingerprint density at radius 3 is 2.48 bits per heavy atom. The highest BCUT2D eigenvalue weighted by Gasteiger charge is 2.16. The highest BCUT2D eigenvalue weighted by Crippen LogP contribution is 2.36. The number of carbonyl (C=O) groups excluding carboxylic acids is 1. The number of ether oxygens (including phenoxy) is 2. The Kier molecular flexibility index (Phi) is 8.48. The van der Waals surface area contributed by atoms with Crippen molar-refractivity contribution in [3.8, 4) is 5.75 Å². The van der Waals surface area contributed by atoms with Crippen molar-refractivity contribution in [2.75, 3.05) is 25.1 Å². The van der Waals surface area contributed by atoms with E-state index >= 15 is 0 Å². The van der Waals surface area contributed by atoms with Crippen molar-refractivity contribution in [2.45, 2.75) is 6.92 Å². The Morgan fingerprint density at radius 2 is 1.90 bits per heavy atom. The molecule has 0 aliphatic heterocycles. The highest BCUT2D eigenvalue weighted by atomic mass is 127. The topological polar surface area (TPSA) is 84.9 Å². The van der Waals surface area contributed by atoms with Crippen LogP contribution < -0.4 is 10.1 Å². The number of carbonyl (C=O) groups is 2. The lowest BCUT2D eigenvalue weighted by Crippen LogP contribution is -2.14. The third-order valence-electron chi connectivity index (χ3n) is 2.13. The van der Waals surface area contributed by atoms with Crippen molar-refractivity contribution in [1.29, 1.82) is 0 Å². The molecule has 0 radical (unpaired) electrons. The molecular weight excluding hydrogens is 619 g/mol.